The first-order valence-electron chi connectivity index (χ1n) is 4.86. The molecule has 92 valence electrons. The minimum Gasteiger partial charge on any atom is -0.393 e. The highest BCUT2D eigenvalue weighted by molar-refractivity contribution is 9.10. The average Bonchev–Trinajstić information content (AvgIpc) is 2.31. The molecule has 0 aliphatic rings. The Kier molecular flexibility index (Phi) is 4.46. The van der Waals surface area contributed by atoms with E-state index in [1.165, 1.54) is 19.1 Å². The Morgan fingerprint density at radius 1 is 1.59 bits per heavy atom. The molecule has 1 aromatic rings. The zero-order chi connectivity index (χ0) is 13.1. The molecule has 1 atom stereocenters. The van der Waals surface area contributed by atoms with Crippen molar-refractivity contribution in [2.24, 2.45) is 0 Å². The number of aliphatic hydroxyl groups excluding tert-OH is 1. The first-order chi connectivity index (χ1) is 7.91. The van der Waals surface area contributed by atoms with E-state index in [1.807, 2.05) is 6.07 Å². The Morgan fingerprint density at radius 3 is 2.76 bits per heavy atom. The molecule has 1 rings (SSSR count). The van der Waals surface area contributed by atoms with Crippen LogP contribution in [-0.4, -0.2) is 29.0 Å². The molecule has 0 saturated carbocycles. The Bertz CT molecular complexity index is 458. The average molecular weight is 303 g/mol. The molecule has 6 heteroatoms. The number of hydrogen-bond donors (Lipinski definition) is 3. The highest BCUT2D eigenvalue weighted by Gasteiger charge is 2.20. The predicted molar refractivity (Wildman–Crippen MR) is 65.0 cm³/mol. The van der Waals surface area contributed by atoms with Crippen LogP contribution in [0.15, 0.2) is 16.6 Å². The first kappa shape index (κ1) is 13.9. The van der Waals surface area contributed by atoms with Crippen LogP contribution in [-0.2, 0) is 0 Å². The van der Waals surface area contributed by atoms with Crippen LogP contribution in [0.5, 0.6) is 0 Å². The number of hydrogen-bond acceptors (Lipinski definition) is 4. The Labute approximate surface area is 107 Å². The fourth-order valence-corrected chi connectivity index (χ4v) is 1.55. The summed E-state index contributed by atoms with van der Waals surface area (Å²) >= 11 is 2.98. The van der Waals surface area contributed by atoms with E-state index in [0.717, 1.165) is 0 Å². The third-order valence-electron chi connectivity index (χ3n) is 2.20. The molecular formula is C11H12BrFN2O2. The van der Waals surface area contributed by atoms with Crippen molar-refractivity contribution in [2.75, 3.05) is 18.5 Å². The van der Waals surface area contributed by atoms with Gasteiger partial charge < -0.3 is 15.5 Å². The van der Waals surface area contributed by atoms with Gasteiger partial charge in [-0.2, -0.15) is 5.26 Å². The van der Waals surface area contributed by atoms with Crippen LogP contribution in [0.1, 0.15) is 12.5 Å². The van der Waals surface area contributed by atoms with Crippen molar-refractivity contribution in [2.45, 2.75) is 12.5 Å². The predicted octanol–water partition coefficient (Wildman–Crippen LogP) is 1.62. The van der Waals surface area contributed by atoms with E-state index in [9.17, 15) is 9.50 Å². The van der Waals surface area contributed by atoms with Crippen molar-refractivity contribution in [1.29, 1.82) is 5.26 Å². The fourth-order valence-electron chi connectivity index (χ4n) is 1.11. The number of anilines is 1. The summed E-state index contributed by atoms with van der Waals surface area (Å²) in [6.45, 7) is 0.994. The second-order valence-electron chi connectivity index (χ2n) is 3.91. The van der Waals surface area contributed by atoms with Gasteiger partial charge >= 0.3 is 0 Å². The maximum atomic E-state index is 13.7. The summed E-state index contributed by atoms with van der Waals surface area (Å²) in [6.07, 6.45) is 0. The van der Waals surface area contributed by atoms with Gasteiger partial charge in [-0.05, 0) is 35.0 Å². The summed E-state index contributed by atoms with van der Waals surface area (Å²) in [4.78, 5) is 0. The Hall–Kier alpha value is -1.16. The Balaban J connectivity index is 2.88. The normalized spacial score (nSPS) is 13.9. The molecule has 0 fully saturated rings. The van der Waals surface area contributed by atoms with Crippen molar-refractivity contribution in [1.82, 2.24) is 0 Å². The van der Waals surface area contributed by atoms with Gasteiger partial charge in [0.15, 0.2) is 5.82 Å². The van der Waals surface area contributed by atoms with Crippen molar-refractivity contribution in [3.05, 3.63) is 28.0 Å². The topological polar surface area (TPSA) is 76.3 Å². The molecule has 4 nitrogen and oxygen atoms in total. The number of benzene rings is 1. The summed E-state index contributed by atoms with van der Waals surface area (Å²) in [6, 6.07) is 4.71. The molecule has 0 amide bonds. The lowest BCUT2D eigenvalue weighted by Crippen LogP contribution is -2.37. The number of aliphatic hydroxyl groups is 2. The molecule has 0 aliphatic carbocycles. The molecule has 17 heavy (non-hydrogen) atoms. The summed E-state index contributed by atoms with van der Waals surface area (Å²) in [5.41, 5.74) is -0.973. The van der Waals surface area contributed by atoms with Crippen LogP contribution in [0.25, 0.3) is 0 Å². The second-order valence-corrected chi connectivity index (χ2v) is 4.70. The highest BCUT2D eigenvalue weighted by Crippen LogP contribution is 2.26. The minimum absolute atomic E-state index is 0.00123. The van der Waals surface area contributed by atoms with Crippen molar-refractivity contribution in [3.63, 3.8) is 0 Å². The van der Waals surface area contributed by atoms with Crippen molar-refractivity contribution < 1.29 is 14.6 Å². The molecule has 0 aromatic heterocycles. The summed E-state index contributed by atoms with van der Waals surface area (Å²) in [5, 5.41) is 29.8. The monoisotopic (exact) mass is 302 g/mol. The van der Waals surface area contributed by atoms with Gasteiger partial charge in [0.25, 0.3) is 0 Å². The lowest BCUT2D eigenvalue weighted by Gasteiger charge is -2.21. The van der Waals surface area contributed by atoms with E-state index in [4.69, 9.17) is 10.4 Å². The minimum atomic E-state index is -1.33. The van der Waals surface area contributed by atoms with Crippen LogP contribution in [0, 0.1) is 17.1 Å². The Morgan fingerprint density at radius 2 is 2.24 bits per heavy atom. The number of nitriles is 1. The quantitative estimate of drug-likeness (QED) is 0.790. The summed E-state index contributed by atoms with van der Waals surface area (Å²) < 4.78 is 13.8. The number of halogens is 2. The fraction of sp³-hybridized carbons (Fsp3) is 0.364. The molecule has 0 spiro atoms. The molecule has 0 aliphatic heterocycles. The third kappa shape index (κ3) is 3.40. The second kappa shape index (κ2) is 5.45. The number of rotatable bonds is 4. The highest BCUT2D eigenvalue weighted by atomic mass is 79.9. The lowest BCUT2D eigenvalue weighted by molar-refractivity contribution is 0.0132. The van der Waals surface area contributed by atoms with Crippen molar-refractivity contribution >= 4 is 21.6 Å². The molecular weight excluding hydrogens is 291 g/mol. The molecule has 0 radical (unpaired) electrons. The largest absolute Gasteiger partial charge is 0.393 e. The SMILES string of the molecule is CC(O)(CO)CNc1ccc(C#N)c(Br)c1F. The molecule has 0 saturated heterocycles. The maximum absolute atomic E-state index is 13.7. The third-order valence-corrected chi connectivity index (χ3v) is 2.98. The van der Waals surface area contributed by atoms with E-state index in [1.54, 1.807) is 0 Å². The lowest BCUT2D eigenvalue weighted by atomic mass is 10.1. The molecule has 0 bridgehead atoms. The molecule has 0 heterocycles. The summed E-state index contributed by atoms with van der Waals surface area (Å²) in [5.74, 6) is -0.599. The van der Waals surface area contributed by atoms with Gasteiger partial charge in [-0.25, -0.2) is 4.39 Å². The maximum Gasteiger partial charge on any atom is 0.161 e. The molecule has 1 aromatic carbocycles. The van der Waals surface area contributed by atoms with Crippen LogP contribution >= 0.6 is 15.9 Å². The van der Waals surface area contributed by atoms with Gasteiger partial charge in [0.1, 0.15) is 11.7 Å². The van der Waals surface area contributed by atoms with Gasteiger partial charge in [-0.15, -0.1) is 0 Å². The van der Waals surface area contributed by atoms with Crippen LogP contribution in [0.4, 0.5) is 10.1 Å². The van der Waals surface area contributed by atoms with E-state index in [-0.39, 0.29) is 22.3 Å². The van der Waals surface area contributed by atoms with Gasteiger partial charge in [-0.1, -0.05) is 0 Å². The smallest absolute Gasteiger partial charge is 0.161 e. The van der Waals surface area contributed by atoms with E-state index >= 15 is 0 Å². The van der Waals surface area contributed by atoms with Crippen molar-refractivity contribution in [3.8, 4) is 6.07 Å². The standard InChI is InChI=1S/C11H12BrFN2O2/c1-11(17,6-16)5-15-8-3-2-7(4-14)9(12)10(8)13/h2-3,15-17H,5-6H2,1H3. The number of nitrogens with one attached hydrogen (secondary N) is 1. The zero-order valence-corrected chi connectivity index (χ0v) is 10.8. The van der Waals surface area contributed by atoms with Crippen LogP contribution in [0.2, 0.25) is 0 Å². The summed E-state index contributed by atoms with van der Waals surface area (Å²) in [7, 11) is 0. The zero-order valence-electron chi connectivity index (χ0n) is 9.17. The van der Waals surface area contributed by atoms with Gasteiger partial charge in [-0.3, -0.25) is 0 Å². The van der Waals surface area contributed by atoms with E-state index in [2.05, 4.69) is 21.2 Å². The van der Waals surface area contributed by atoms with Crippen LogP contribution in [0.3, 0.4) is 0 Å². The molecule has 3 N–H and O–H groups in total. The van der Waals surface area contributed by atoms with Gasteiger partial charge in [0.2, 0.25) is 0 Å². The number of nitrogens with zero attached hydrogens (tertiary/aromatic N) is 1. The van der Waals surface area contributed by atoms with Gasteiger partial charge in [0, 0.05) is 6.54 Å². The van der Waals surface area contributed by atoms with Crippen LogP contribution < -0.4 is 5.32 Å². The first-order valence-corrected chi connectivity index (χ1v) is 5.66. The molecule has 1 unspecified atom stereocenters. The van der Waals surface area contributed by atoms with E-state index < -0.39 is 18.0 Å². The van der Waals surface area contributed by atoms with Gasteiger partial charge in [0.05, 0.1) is 22.3 Å². The van der Waals surface area contributed by atoms with E-state index in [0.29, 0.717) is 0 Å².